The van der Waals surface area contributed by atoms with Crippen LogP contribution in [0.3, 0.4) is 0 Å². The van der Waals surface area contributed by atoms with Gasteiger partial charge in [0.15, 0.2) is 17.2 Å². The number of amides is 1. The number of carbonyl (C=O) groups excluding carboxylic acids is 1. The van der Waals surface area contributed by atoms with E-state index in [9.17, 15) is 20.1 Å². The van der Waals surface area contributed by atoms with Crippen molar-refractivity contribution in [3.8, 4) is 17.2 Å². The summed E-state index contributed by atoms with van der Waals surface area (Å²) < 4.78 is 0. The van der Waals surface area contributed by atoms with Gasteiger partial charge in [-0.3, -0.25) is 4.79 Å². The minimum Gasteiger partial charge on any atom is -0.504 e. The van der Waals surface area contributed by atoms with E-state index in [1.54, 1.807) is 24.3 Å². The molecule has 0 bridgehead atoms. The summed E-state index contributed by atoms with van der Waals surface area (Å²) in [5, 5.41) is 30.5. The second-order valence-electron chi connectivity index (χ2n) is 4.03. The van der Waals surface area contributed by atoms with Gasteiger partial charge in [-0.15, -0.1) is 0 Å². The SMILES string of the molecule is O=C(NCc1cc(O)c(O)c(O)c1)c1ccccc1. The fraction of sp³-hybridized carbons (Fsp3) is 0.0714. The smallest absolute Gasteiger partial charge is 0.251 e. The zero-order valence-corrected chi connectivity index (χ0v) is 10.00. The van der Waals surface area contributed by atoms with Crippen molar-refractivity contribution in [1.82, 2.24) is 5.32 Å². The fourth-order valence-corrected chi connectivity index (χ4v) is 1.64. The van der Waals surface area contributed by atoms with Crippen molar-refractivity contribution in [3.63, 3.8) is 0 Å². The molecule has 0 radical (unpaired) electrons. The average molecular weight is 259 g/mol. The molecule has 2 aromatic carbocycles. The summed E-state index contributed by atoms with van der Waals surface area (Å²) >= 11 is 0. The molecule has 0 unspecified atom stereocenters. The van der Waals surface area contributed by atoms with E-state index in [4.69, 9.17) is 0 Å². The van der Waals surface area contributed by atoms with E-state index in [1.165, 1.54) is 12.1 Å². The van der Waals surface area contributed by atoms with Crippen molar-refractivity contribution in [2.45, 2.75) is 6.54 Å². The number of nitrogens with one attached hydrogen (secondary N) is 1. The molecule has 0 atom stereocenters. The highest BCUT2D eigenvalue weighted by Crippen LogP contribution is 2.35. The van der Waals surface area contributed by atoms with Crippen molar-refractivity contribution in [2.75, 3.05) is 0 Å². The number of hydrogen-bond donors (Lipinski definition) is 4. The number of rotatable bonds is 3. The molecule has 1 amide bonds. The lowest BCUT2D eigenvalue weighted by Crippen LogP contribution is -2.22. The number of carbonyl (C=O) groups is 1. The molecule has 5 nitrogen and oxygen atoms in total. The summed E-state index contributed by atoms with van der Waals surface area (Å²) in [7, 11) is 0. The Kier molecular flexibility index (Phi) is 3.56. The topological polar surface area (TPSA) is 89.8 Å². The quantitative estimate of drug-likeness (QED) is 0.632. The van der Waals surface area contributed by atoms with Crippen LogP contribution in [0.4, 0.5) is 0 Å². The molecule has 98 valence electrons. The molecule has 0 aromatic heterocycles. The van der Waals surface area contributed by atoms with Gasteiger partial charge < -0.3 is 20.6 Å². The zero-order chi connectivity index (χ0) is 13.8. The van der Waals surface area contributed by atoms with E-state index in [-0.39, 0.29) is 12.5 Å². The zero-order valence-electron chi connectivity index (χ0n) is 10.00. The molecule has 0 fully saturated rings. The van der Waals surface area contributed by atoms with Crippen LogP contribution < -0.4 is 5.32 Å². The summed E-state index contributed by atoms with van der Waals surface area (Å²) in [6.07, 6.45) is 0. The first-order chi connectivity index (χ1) is 9.08. The molecule has 2 aromatic rings. The molecule has 4 N–H and O–H groups in total. The van der Waals surface area contributed by atoms with E-state index in [0.29, 0.717) is 11.1 Å². The molecule has 5 heteroatoms. The highest BCUT2D eigenvalue weighted by atomic mass is 16.3. The molecule has 0 aliphatic heterocycles. The molecule has 0 aliphatic carbocycles. The Hall–Kier alpha value is -2.69. The van der Waals surface area contributed by atoms with E-state index in [1.807, 2.05) is 6.07 Å². The number of aromatic hydroxyl groups is 3. The van der Waals surface area contributed by atoms with Crippen LogP contribution in [0.25, 0.3) is 0 Å². The van der Waals surface area contributed by atoms with Gasteiger partial charge in [-0.1, -0.05) is 18.2 Å². The Morgan fingerprint density at radius 1 is 1.00 bits per heavy atom. The normalized spacial score (nSPS) is 10.1. The Labute approximate surface area is 109 Å². The molecular formula is C14H13NO4. The van der Waals surface area contributed by atoms with Crippen molar-refractivity contribution >= 4 is 5.91 Å². The maximum atomic E-state index is 11.8. The molecule has 0 spiro atoms. The van der Waals surface area contributed by atoms with Crippen LogP contribution in [0.5, 0.6) is 17.2 Å². The van der Waals surface area contributed by atoms with Gasteiger partial charge in [0, 0.05) is 12.1 Å². The van der Waals surface area contributed by atoms with Gasteiger partial charge in [0.05, 0.1) is 0 Å². The molecule has 0 heterocycles. The lowest BCUT2D eigenvalue weighted by molar-refractivity contribution is 0.0951. The van der Waals surface area contributed by atoms with Crippen molar-refractivity contribution in [2.24, 2.45) is 0 Å². The molecular weight excluding hydrogens is 246 g/mol. The van der Waals surface area contributed by atoms with Crippen molar-refractivity contribution < 1.29 is 20.1 Å². The van der Waals surface area contributed by atoms with E-state index in [0.717, 1.165) is 0 Å². The van der Waals surface area contributed by atoms with Crippen molar-refractivity contribution in [1.29, 1.82) is 0 Å². The number of hydrogen-bond acceptors (Lipinski definition) is 4. The minimum absolute atomic E-state index is 0.134. The molecule has 0 saturated heterocycles. The summed E-state index contributed by atoms with van der Waals surface area (Å²) in [5.41, 5.74) is 1.01. The highest BCUT2D eigenvalue weighted by Gasteiger charge is 2.09. The Bertz CT molecular complexity index is 573. The third kappa shape index (κ3) is 2.95. The number of phenolic OH excluding ortho intramolecular Hbond substituents is 3. The van der Waals surface area contributed by atoms with Gasteiger partial charge in [0.2, 0.25) is 0 Å². The first-order valence-electron chi connectivity index (χ1n) is 5.65. The van der Waals surface area contributed by atoms with Crippen LogP contribution in [0.2, 0.25) is 0 Å². The number of benzene rings is 2. The van der Waals surface area contributed by atoms with E-state index >= 15 is 0 Å². The second-order valence-corrected chi connectivity index (χ2v) is 4.03. The fourth-order valence-electron chi connectivity index (χ4n) is 1.64. The van der Waals surface area contributed by atoms with Gasteiger partial charge in [0.1, 0.15) is 0 Å². The van der Waals surface area contributed by atoms with E-state index < -0.39 is 17.2 Å². The van der Waals surface area contributed by atoms with Gasteiger partial charge in [-0.05, 0) is 29.8 Å². The maximum Gasteiger partial charge on any atom is 0.251 e. The second kappa shape index (κ2) is 5.30. The van der Waals surface area contributed by atoms with Crippen LogP contribution in [-0.4, -0.2) is 21.2 Å². The first kappa shape index (κ1) is 12.8. The van der Waals surface area contributed by atoms with Crippen molar-refractivity contribution in [3.05, 3.63) is 53.6 Å². The Balaban J connectivity index is 2.05. The average Bonchev–Trinajstić information content (AvgIpc) is 2.43. The third-order valence-electron chi connectivity index (χ3n) is 2.62. The van der Waals surface area contributed by atoms with E-state index in [2.05, 4.69) is 5.32 Å². The van der Waals surface area contributed by atoms with Crippen LogP contribution in [0.15, 0.2) is 42.5 Å². The summed E-state index contributed by atoms with van der Waals surface area (Å²) in [4.78, 5) is 11.8. The van der Waals surface area contributed by atoms with Gasteiger partial charge in [0.25, 0.3) is 5.91 Å². The molecule has 19 heavy (non-hydrogen) atoms. The monoisotopic (exact) mass is 259 g/mol. The van der Waals surface area contributed by atoms with Crippen LogP contribution in [0, 0.1) is 0 Å². The van der Waals surface area contributed by atoms with Gasteiger partial charge in [-0.25, -0.2) is 0 Å². The highest BCUT2D eigenvalue weighted by molar-refractivity contribution is 5.94. The van der Waals surface area contributed by atoms with Crippen LogP contribution in [0.1, 0.15) is 15.9 Å². The Morgan fingerprint density at radius 2 is 1.58 bits per heavy atom. The Morgan fingerprint density at radius 3 is 2.16 bits per heavy atom. The summed E-state index contributed by atoms with van der Waals surface area (Å²) in [6, 6.07) is 11.2. The molecule has 2 rings (SSSR count). The minimum atomic E-state index is -0.571. The summed E-state index contributed by atoms with van der Waals surface area (Å²) in [5.74, 6) is -1.68. The molecule has 0 saturated carbocycles. The predicted molar refractivity (Wildman–Crippen MR) is 69.0 cm³/mol. The largest absolute Gasteiger partial charge is 0.504 e. The standard InChI is InChI=1S/C14H13NO4/c16-11-6-9(7-12(17)13(11)18)8-15-14(19)10-4-2-1-3-5-10/h1-7,16-18H,8H2,(H,15,19). The lowest BCUT2D eigenvalue weighted by atomic mass is 10.1. The lowest BCUT2D eigenvalue weighted by Gasteiger charge is -2.07. The van der Waals surface area contributed by atoms with Crippen LogP contribution in [-0.2, 0) is 6.54 Å². The molecule has 0 aliphatic rings. The van der Waals surface area contributed by atoms with Gasteiger partial charge >= 0.3 is 0 Å². The predicted octanol–water partition coefficient (Wildman–Crippen LogP) is 1.73. The maximum absolute atomic E-state index is 11.8. The summed E-state index contributed by atoms with van der Waals surface area (Å²) in [6.45, 7) is 0.134. The van der Waals surface area contributed by atoms with Gasteiger partial charge in [-0.2, -0.15) is 0 Å². The third-order valence-corrected chi connectivity index (χ3v) is 2.62. The van der Waals surface area contributed by atoms with Crippen LogP contribution >= 0.6 is 0 Å². The number of phenols is 3. The first-order valence-corrected chi connectivity index (χ1v) is 5.65.